The normalized spacial score (nSPS) is 14.9. The summed E-state index contributed by atoms with van der Waals surface area (Å²) in [6, 6.07) is 14.8. The van der Waals surface area contributed by atoms with Gasteiger partial charge in [-0.05, 0) is 55.3 Å². The zero-order valence-electron chi connectivity index (χ0n) is 18.9. The lowest BCUT2D eigenvalue weighted by atomic mass is 10.0. The number of pyridine rings is 1. The monoisotopic (exact) mass is 476 g/mol. The molecule has 9 nitrogen and oxygen atoms in total. The minimum atomic E-state index is -3.53. The third kappa shape index (κ3) is 4.35. The molecule has 4 aromatic rings. The number of fused-ring (bicyclic) bond motifs is 1. The van der Waals surface area contributed by atoms with E-state index < -0.39 is 10.0 Å². The van der Waals surface area contributed by atoms with Crippen LogP contribution < -0.4 is 5.32 Å². The molecular formula is C24H24N6O3S. The maximum atomic E-state index is 12.9. The number of aryl methyl sites for hydroxylation is 2. The Bertz CT molecular complexity index is 1450. The molecule has 1 aliphatic rings. The quantitative estimate of drug-likeness (QED) is 0.466. The number of ether oxygens (including phenoxy) is 1. The Kier molecular flexibility index (Phi) is 5.94. The van der Waals surface area contributed by atoms with Gasteiger partial charge in [0.1, 0.15) is 0 Å². The molecule has 1 fully saturated rings. The highest BCUT2D eigenvalue weighted by atomic mass is 32.2. The van der Waals surface area contributed by atoms with Crippen molar-refractivity contribution in [3.05, 3.63) is 66.1 Å². The van der Waals surface area contributed by atoms with Crippen molar-refractivity contribution in [1.82, 2.24) is 24.5 Å². The van der Waals surface area contributed by atoms with Gasteiger partial charge in [-0.3, -0.25) is 4.98 Å². The van der Waals surface area contributed by atoms with E-state index in [0.29, 0.717) is 32.3 Å². The van der Waals surface area contributed by atoms with Crippen molar-refractivity contribution in [2.24, 2.45) is 0 Å². The van der Waals surface area contributed by atoms with Crippen LogP contribution in [0.2, 0.25) is 0 Å². The highest BCUT2D eigenvalue weighted by Crippen LogP contribution is 2.30. The van der Waals surface area contributed by atoms with E-state index in [-0.39, 0.29) is 4.90 Å². The molecule has 174 valence electrons. The lowest BCUT2D eigenvalue weighted by Crippen LogP contribution is -2.40. The molecule has 3 heterocycles. The van der Waals surface area contributed by atoms with Gasteiger partial charge in [0.2, 0.25) is 16.0 Å². The molecule has 0 radical (unpaired) electrons. The molecule has 0 atom stereocenters. The van der Waals surface area contributed by atoms with Crippen LogP contribution in [-0.4, -0.2) is 59.2 Å². The number of benzene rings is 2. The maximum Gasteiger partial charge on any atom is 0.247 e. The number of hydrogen-bond donors (Lipinski definition) is 1. The van der Waals surface area contributed by atoms with Gasteiger partial charge in [0, 0.05) is 24.7 Å². The summed E-state index contributed by atoms with van der Waals surface area (Å²) in [5.74, 6) is 0.415. The second kappa shape index (κ2) is 9.05. The van der Waals surface area contributed by atoms with Crippen molar-refractivity contribution < 1.29 is 13.2 Å². The van der Waals surface area contributed by atoms with Crippen molar-refractivity contribution >= 4 is 32.6 Å². The fourth-order valence-electron chi connectivity index (χ4n) is 3.82. The van der Waals surface area contributed by atoms with E-state index in [4.69, 9.17) is 4.74 Å². The fourth-order valence-corrected chi connectivity index (χ4v) is 5.23. The third-order valence-electron chi connectivity index (χ3n) is 5.88. The molecule has 2 aromatic heterocycles. The zero-order chi connectivity index (χ0) is 23.7. The van der Waals surface area contributed by atoms with Gasteiger partial charge in [0.15, 0.2) is 0 Å². The van der Waals surface area contributed by atoms with Gasteiger partial charge in [-0.1, -0.05) is 18.2 Å². The second-order valence-electron chi connectivity index (χ2n) is 8.06. The van der Waals surface area contributed by atoms with Crippen molar-refractivity contribution in [3.8, 4) is 11.1 Å². The summed E-state index contributed by atoms with van der Waals surface area (Å²) >= 11 is 0. The number of hydrogen-bond acceptors (Lipinski definition) is 8. The highest BCUT2D eigenvalue weighted by Gasteiger charge is 2.26. The van der Waals surface area contributed by atoms with E-state index in [1.807, 2.05) is 50.2 Å². The van der Waals surface area contributed by atoms with Crippen LogP contribution in [0.1, 0.15) is 11.4 Å². The predicted molar refractivity (Wildman–Crippen MR) is 129 cm³/mol. The summed E-state index contributed by atoms with van der Waals surface area (Å²) in [4.78, 5) is 9.19. The molecule has 0 amide bonds. The Morgan fingerprint density at radius 3 is 2.38 bits per heavy atom. The first kappa shape index (κ1) is 22.3. The van der Waals surface area contributed by atoms with E-state index in [1.54, 1.807) is 18.3 Å². The Hall–Kier alpha value is -3.47. The SMILES string of the molecule is Cc1nnc(Nc2ccnc3ccc(-c4ccc(S(=O)(=O)N5CCOCC5)cc4)cc23)nc1C. The van der Waals surface area contributed by atoms with E-state index >= 15 is 0 Å². The maximum absolute atomic E-state index is 12.9. The Morgan fingerprint density at radius 1 is 0.912 bits per heavy atom. The van der Waals surface area contributed by atoms with Crippen molar-refractivity contribution in [2.75, 3.05) is 31.6 Å². The van der Waals surface area contributed by atoms with Crippen LogP contribution in [0.25, 0.3) is 22.0 Å². The smallest absolute Gasteiger partial charge is 0.247 e. The van der Waals surface area contributed by atoms with Crippen LogP contribution in [0.5, 0.6) is 0 Å². The van der Waals surface area contributed by atoms with Gasteiger partial charge < -0.3 is 10.1 Å². The number of sulfonamides is 1. The topological polar surface area (TPSA) is 110 Å². The van der Waals surface area contributed by atoms with E-state index in [9.17, 15) is 8.42 Å². The summed E-state index contributed by atoms with van der Waals surface area (Å²) in [6.45, 7) is 5.34. The number of nitrogens with one attached hydrogen (secondary N) is 1. The van der Waals surface area contributed by atoms with Crippen LogP contribution in [0.4, 0.5) is 11.6 Å². The van der Waals surface area contributed by atoms with E-state index in [2.05, 4.69) is 25.5 Å². The molecule has 1 aliphatic heterocycles. The van der Waals surface area contributed by atoms with Crippen molar-refractivity contribution in [2.45, 2.75) is 18.7 Å². The van der Waals surface area contributed by atoms with Crippen LogP contribution in [0.15, 0.2) is 59.6 Å². The molecule has 1 saturated heterocycles. The fraction of sp³-hybridized carbons (Fsp3) is 0.250. The minimum Gasteiger partial charge on any atom is -0.379 e. The number of morpholine rings is 1. The highest BCUT2D eigenvalue weighted by molar-refractivity contribution is 7.89. The average Bonchev–Trinajstić information content (AvgIpc) is 2.87. The molecule has 0 saturated carbocycles. The first-order chi connectivity index (χ1) is 16.4. The van der Waals surface area contributed by atoms with Gasteiger partial charge in [-0.25, -0.2) is 13.4 Å². The third-order valence-corrected chi connectivity index (χ3v) is 7.79. The van der Waals surface area contributed by atoms with Crippen LogP contribution >= 0.6 is 0 Å². The summed E-state index contributed by atoms with van der Waals surface area (Å²) < 4.78 is 32.6. The summed E-state index contributed by atoms with van der Waals surface area (Å²) in [5.41, 5.74) is 5.07. The van der Waals surface area contributed by atoms with Crippen LogP contribution in [0.3, 0.4) is 0 Å². The van der Waals surface area contributed by atoms with Crippen LogP contribution in [-0.2, 0) is 14.8 Å². The van der Waals surface area contributed by atoms with Crippen molar-refractivity contribution in [3.63, 3.8) is 0 Å². The number of anilines is 2. The van der Waals surface area contributed by atoms with Gasteiger partial charge in [-0.2, -0.15) is 9.40 Å². The van der Waals surface area contributed by atoms with Gasteiger partial charge in [-0.15, -0.1) is 5.10 Å². The van der Waals surface area contributed by atoms with Crippen molar-refractivity contribution in [1.29, 1.82) is 0 Å². The predicted octanol–water partition coefficient (Wildman–Crippen LogP) is 3.47. The Balaban J connectivity index is 1.46. The molecule has 0 aliphatic carbocycles. The number of rotatable bonds is 5. The molecule has 1 N–H and O–H groups in total. The molecule has 10 heteroatoms. The molecule has 2 aromatic carbocycles. The first-order valence-electron chi connectivity index (χ1n) is 10.9. The largest absolute Gasteiger partial charge is 0.379 e. The minimum absolute atomic E-state index is 0.280. The second-order valence-corrected chi connectivity index (χ2v) is 10.0. The van der Waals surface area contributed by atoms with Gasteiger partial charge in [0.05, 0.1) is 40.7 Å². The average molecular weight is 477 g/mol. The molecular weight excluding hydrogens is 452 g/mol. The van der Waals surface area contributed by atoms with Gasteiger partial charge >= 0.3 is 0 Å². The van der Waals surface area contributed by atoms with E-state index in [0.717, 1.165) is 39.1 Å². The zero-order valence-corrected chi connectivity index (χ0v) is 19.7. The Labute approximate surface area is 197 Å². The number of aromatic nitrogens is 4. The lowest BCUT2D eigenvalue weighted by molar-refractivity contribution is 0.0730. The standard InChI is InChI=1S/C24H24N6O3S/c1-16-17(2)28-29-24(26-16)27-23-9-10-25-22-8-5-19(15-21(22)23)18-3-6-20(7-4-18)34(31,32)30-11-13-33-14-12-30/h3-10,15H,11-14H2,1-2H3,(H,25,26,27,29). The molecule has 34 heavy (non-hydrogen) atoms. The first-order valence-corrected chi connectivity index (χ1v) is 12.4. The summed E-state index contributed by atoms with van der Waals surface area (Å²) in [6.07, 6.45) is 1.73. The molecule has 0 spiro atoms. The molecule has 5 rings (SSSR count). The molecule has 0 unspecified atom stereocenters. The summed E-state index contributed by atoms with van der Waals surface area (Å²) in [5, 5.41) is 12.4. The van der Waals surface area contributed by atoms with E-state index in [1.165, 1.54) is 4.31 Å². The lowest BCUT2D eigenvalue weighted by Gasteiger charge is -2.26. The Morgan fingerprint density at radius 2 is 1.65 bits per heavy atom. The summed E-state index contributed by atoms with van der Waals surface area (Å²) in [7, 11) is -3.53. The molecule has 0 bridgehead atoms. The van der Waals surface area contributed by atoms with Gasteiger partial charge in [0.25, 0.3) is 0 Å². The number of nitrogens with zero attached hydrogens (tertiary/aromatic N) is 5. The van der Waals surface area contributed by atoms with Crippen LogP contribution in [0, 0.1) is 13.8 Å².